The lowest BCUT2D eigenvalue weighted by atomic mass is 9.96. The van der Waals surface area contributed by atoms with E-state index < -0.39 is 0 Å². The molecule has 0 amide bonds. The molecular weight excluding hydrogens is 224 g/mol. The number of para-hydroxylation sites is 1. The molecule has 2 aromatic rings. The van der Waals surface area contributed by atoms with Gasteiger partial charge in [-0.25, -0.2) is 0 Å². The Hall–Kier alpha value is -2.22. The third-order valence-corrected chi connectivity index (χ3v) is 3.08. The van der Waals surface area contributed by atoms with Crippen molar-refractivity contribution >= 4 is 5.57 Å². The molecule has 0 aromatic heterocycles. The number of phenols is 1. The highest BCUT2D eigenvalue weighted by molar-refractivity contribution is 5.83. The maximum atomic E-state index is 9.36. The molecule has 0 unspecified atom stereocenters. The Labute approximate surface area is 106 Å². The highest BCUT2D eigenvalue weighted by Crippen LogP contribution is 2.33. The van der Waals surface area contributed by atoms with Crippen LogP contribution in [0.5, 0.6) is 11.5 Å². The van der Waals surface area contributed by atoms with Crippen molar-refractivity contribution in [2.24, 2.45) is 0 Å². The summed E-state index contributed by atoms with van der Waals surface area (Å²) in [6.45, 7) is 0.707. The molecule has 90 valence electrons. The maximum absolute atomic E-state index is 9.36. The van der Waals surface area contributed by atoms with Crippen LogP contribution in [0, 0.1) is 0 Å². The predicted molar refractivity (Wildman–Crippen MR) is 71.7 cm³/mol. The van der Waals surface area contributed by atoms with Crippen molar-refractivity contribution in [3.05, 3.63) is 65.7 Å². The van der Waals surface area contributed by atoms with Gasteiger partial charge >= 0.3 is 0 Å². The van der Waals surface area contributed by atoms with Crippen molar-refractivity contribution in [1.29, 1.82) is 0 Å². The zero-order chi connectivity index (χ0) is 12.4. The molecule has 1 heterocycles. The lowest BCUT2D eigenvalue weighted by Crippen LogP contribution is -1.94. The van der Waals surface area contributed by atoms with Gasteiger partial charge in [-0.2, -0.15) is 0 Å². The Kier molecular flexibility index (Phi) is 2.77. The Balaban J connectivity index is 2.11. The third kappa shape index (κ3) is 1.97. The van der Waals surface area contributed by atoms with Crippen LogP contribution in [0.2, 0.25) is 0 Å². The van der Waals surface area contributed by atoms with Crippen LogP contribution in [-0.2, 0) is 0 Å². The Morgan fingerprint density at radius 1 is 0.944 bits per heavy atom. The van der Waals surface area contributed by atoms with E-state index in [0.29, 0.717) is 6.61 Å². The van der Waals surface area contributed by atoms with Gasteiger partial charge in [-0.3, -0.25) is 0 Å². The molecule has 1 aliphatic rings. The normalized spacial score (nSPS) is 14.1. The molecule has 0 spiro atoms. The van der Waals surface area contributed by atoms with Crippen molar-refractivity contribution in [3.63, 3.8) is 0 Å². The zero-order valence-corrected chi connectivity index (χ0v) is 9.97. The minimum Gasteiger partial charge on any atom is -0.508 e. The topological polar surface area (TPSA) is 29.5 Å². The van der Waals surface area contributed by atoms with Crippen LogP contribution in [0.3, 0.4) is 0 Å². The van der Waals surface area contributed by atoms with Gasteiger partial charge in [0.1, 0.15) is 11.5 Å². The summed E-state index contributed by atoms with van der Waals surface area (Å²) in [5.41, 5.74) is 3.38. The number of hydrogen-bond acceptors (Lipinski definition) is 2. The van der Waals surface area contributed by atoms with Gasteiger partial charge in [-0.1, -0.05) is 36.4 Å². The highest BCUT2D eigenvalue weighted by Gasteiger charge is 2.13. The molecule has 2 heteroatoms. The number of aromatic hydroxyl groups is 1. The Morgan fingerprint density at radius 2 is 1.72 bits per heavy atom. The maximum Gasteiger partial charge on any atom is 0.127 e. The molecule has 2 nitrogen and oxygen atoms in total. The molecule has 0 fully saturated rings. The van der Waals surface area contributed by atoms with E-state index in [2.05, 4.69) is 12.1 Å². The summed E-state index contributed by atoms with van der Waals surface area (Å²) in [6, 6.07) is 15.4. The number of hydrogen-bond donors (Lipinski definition) is 1. The second-order valence-corrected chi connectivity index (χ2v) is 4.30. The Morgan fingerprint density at radius 3 is 2.56 bits per heavy atom. The van der Waals surface area contributed by atoms with E-state index in [9.17, 15) is 5.11 Å². The summed E-state index contributed by atoms with van der Waals surface area (Å²) < 4.78 is 5.72. The highest BCUT2D eigenvalue weighted by atomic mass is 16.5. The summed E-state index contributed by atoms with van der Waals surface area (Å²) >= 11 is 0. The SMILES string of the molecule is Oc1ccc(C2=CCCOc3ccccc32)cc1. The van der Waals surface area contributed by atoms with E-state index in [-0.39, 0.29) is 5.75 Å². The largest absolute Gasteiger partial charge is 0.508 e. The molecule has 3 rings (SSSR count). The van der Waals surface area contributed by atoms with Crippen LogP contribution in [0.4, 0.5) is 0 Å². The van der Waals surface area contributed by atoms with Gasteiger partial charge in [0, 0.05) is 12.0 Å². The number of ether oxygens (including phenoxy) is 1. The van der Waals surface area contributed by atoms with Crippen LogP contribution in [0.1, 0.15) is 17.5 Å². The van der Waals surface area contributed by atoms with Gasteiger partial charge in [-0.05, 0) is 29.3 Å². The lowest BCUT2D eigenvalue weighted by Gasteiger charge is -2.10. The van der Waals surface area contributed by atoms with Gasteiger partial charge in [0.2, 0.25) is 0 Å². The van der Waals surface area contributed by atoms with E-state index in [1.807, 2.05) is 30.3 Å². The molecule has 2 aromatic carbocycles. The molecule has 18 heavy (non-hydrogen) atoms. The lowest BCUT2D eigenvalue weighted by molar-refractivity contribution is 0.326. The van der Waals surface area contributed by atoms with E-state index in [4.69, 9.17) is 4.74 Å². The van der Waals surface area contributed by atoms with Crippen LogP contribution >= 0.6 is 0 Å². The molecule has 0 radical (unpaired) electrons. The molecule has 0 aliphatic carbocycles. The van der Waals surface area contributed by atoms with Crippen LogP contribution in [0.15, 0.2) is 54.6 Å². The standard InChI is InChI=1S/C16H14O2/c17-13-9-7-12(8-10-13)14-5-3-11-18-16-6-2-1-4-15(14)16/h1-2,4-10,17H,3,11H2. The third-order valence-electron chi connectivity index (χ3n) is 3.08. The van der Waals surface area contributed by atoms with Crippen molar-refractivity contribution < 1.29 is 9.84 Å². The van der Waals surface area contributed by atoms with Gasteiger partial charge in [-0.15, -0.1) is 0 Å². The predicted octanol–water partition coefficient (Wildman–Crippen LogP) is 3.61. The van der Waals surface area contributed by atoms with Crippen molar-refractivity contribution in [1.82, 2.24) is 0 Å². The zero-order valence-electron chi connectivity index (χ0n) is 9.97. The first-order chi connectivity index (χ1) is 8.84. The fraction of sp³-hybridized carbons (Fsp3) is 0.125. The summed E-state index contributed by atoms with van der Waals surface area (Å²) in [5, 5.41) is 9.36. The van der Waals surface area contributed by atoms with E-state index in [1.165, 1.54) is 5.57 Å². The van der Waals surface area contributed by atoms with Crippen molar-refractivity contribution in [2.75, 3.05) is 6.61 Å². The first kappa shape index (κ1) is 10.9. The monoisotopic (exact) mass is 238 g/mol. The van der Waals surface area contributed by atoms with Gasteiger partial charge in [0.15, 0.2) is 0 Å². The first-order valence-corrected chi connectivity index (χ1v) is 6.06. The molecule has 0 saturated carbocycles. The number of fused-ring (bicyclic) bond motifs is 1. The number of rotatable bonds is 1. The average molecular weight is 238 g/mol. The fourth-order valence-corrected chi connectivity index (χ4v) is 2.21. The van der Waals surface area contributed by atoms with Crippen LogP contribution in [0.25, 0.3) is 5.57 Å². The molecular formula is C16H14O2. The van der Waals surface area contributed by atoms with Crippen molar-refractivity contribution in [2.45, 2.75) is 6.42 Å². The molecule has 0 atom stereocenters. The van der Waals surface area contributed by atoms with Gasteiger partial charge < -0.3 is 9.84 Å². The summed E-state index contributed by atoms with van der Waals surface area (Å²) in [6.07, 6.45) is 3.09. The molecule has 1 N–H and O–H groups in total. The minimum atomic E-state index is 0.289. The Bertz CT molecular complexity index is 582. The number of benzene rings is 2. The quantitative estimate of drug-likeness (QED) is 0.822. The second-order valence-electron chi connectivity index (χ2n) is 4.30. The second kappa shape index (κ2) is 4.57. The summed E-state index contributed by atoms with van der Waals surface area (Å²) in [5.74, 6) is 1.21. The van der Waals surface area contributed by atoms with Gasteiger partial charge in [0.25, 0.3) is 0 Å². The van der Waals surface area contributed by atoms with Crippen LogP contribution in [-0.4, -0.2) is 11.7 Å². The van der Waals surface area contributed by atoms with Crippen molar-refractivity contribution in [3.8, 4) is 11.5 Å². The van der Waals surface area contributed by atoms with E-state index in [1.54, 1.807) is 12.1 Å². The average Bonchev–Trinajstić information content (AvgIpc) is 2.62. The smallest absolute Gasteiger partial charge is 0.127 e. The number of phenolic OH excluding ortho intramolecular Hbond substituents is 1. The summed E-state index contributed by atoms with van der Waals surface area (Å²) in [4.78, 5) is 0. The first-order valence-electron chi connectivity index (χ1n) is 6.06. The van der Waals surface area contributed by atoms with Crippen LogP contribution < -0.4 is 4.74 Å². The minimum absolute atomic E-state index is 0.289. The summed E-state index contributed by atoms with van der Waals surface area (Å²) in [7, 11) is 0. The molecule has 0 bridgehead atoms. The molecule has 0 saturated heterocycles. The fourth-order valence-electron chi connectivity index (χ4n) is 2.21. The molecule has 1 aliphatic heterocycles. The van der Waals surface area contributed by atoms with E-state index in [0.717, 1.165) is 23.3 Å². The van der Waals surface area contributed by atoms with E-state index >= 15 is 0 Å². The van der Waals surface area contributed by atoms with Gasteiger partial charge in [0.05, 0.1) is 6.61 Å².